The molecule has 110 valence electrons. The summed E-state index contributed by atoms with van der Waals surface area (Å²) in [6.07, 6.45) is 4.06. The Balaban J connectivity index is 1.82. The molecule has 3 rings (SSSR count). The van der Waals surface area contributed by atoms with Gasteiger partial charge in [-0.05, 0) is 50.8 Å². The molecule has 0 amide bonds. The van der Waals surface area contributed by atoms with Crippen molar-refractivity contribution >= 4 is 0 Å². The van der Waals surface area contributed by atoms with Crippen LogP contribution in [0.1, 0.15) is 50.3 Å². The second-order valence-corrected chi connectivity index (χ2v) is 6.58. The molecule has 0 spiro atoms. The number of benzene rings is 1. The average Bonchev–Trinajstić information content (AvgIpc) is 2.92. The van der Waals surface area contributed by atoms with Crippen LogP contribution in [0.25, 0.3) is 0 Å². The van der Waals surface area contributed by atoms with Crippen molar-refractivity contribution in [3.8, 4) is 0 Å². The standard InChI is InChI=1S/C18H28N2/c1-4-16-12-19-11-7-9-17(19)13-20(16)15(3)18-10-6-5-8-14(18)2/h5-6,8,10,15-17H,4,7,9,11-13H2,1-3H3. The van der Waals surface area contributed by atoms with Crippen molar-refractivity contribution in [2.45, 2.75) is 58.2 Å². The van der Waals surface area contributed by atoms with Crippen LogP contribution in [-0.2, 0) is 0 Å². The number of rotatable bonds is 3. The number of hydrogen-bond acceptors (Lipinski definition) is 2. The zero-order valence-electron chi connectivity index (χ0n) is 13.2. The van der Waals surface area contributed by atoms with Crippen LogP contribution in [0.2, 0.25) is 0 Å². The highest BCUT2D eigenvalue weighted by molar-refractivity contribution is 5.28. The smallest absolute Gasteiger partial charge is 0.0326 e. The van der Waals surface area contributed by atoms with Crippen LogP contribution < -0.4 is 0 Å². The van der Waals surface area contributed by atoms with E-state index < -0.39 is 0 Å². The predicted molar refractivity (Wildman–Crippen MR) is 85.0 cm³/mol. The van der Waals surface area contributed by atoms with Gasteiger partial charge in [0.25, 0.3) is 0 Å². The fourth-order valence-corrected chi connectivity index (χ4v) is 4.18. The monoisotopic (exact) mass is 272 g/mol. The molecule has 2 fully saturated rings. The molecule has 3 atom stereocenters. The van der Waals surface area contributed by atoms with Gasteiger partial charge in [0, 0.05) is 31.2 Å². The molecule has 1 aromatic rings. The molecule has 20 heavy (non-hydrogen) atoms. The molecule has 2 saturated heterocycles. The predicted octanol–water partition coefficient (Wildman–Crippen LogP) is 3.61. The summed E-state index contributed by atoms with van der Waals surface area (Å²) in [5.41, 5.74) is 2.95. The minimum Gasteiger partial charge on any atom is -0.298 e. The van der Waals surface area contributed by atoms with Crippen LogP contribution in [0.5, 0.6) is 0 Å². The second kappa shape index (κ2) is 5.87. The highest BCUT2D eigenvalue weighted by Crippen LogP contribution is 2.33. The molecule has 0 saturated carbocycles. The molecule has 2 nitrogen and oxygen atoms in total. The molecule has 0 bridgehead atoms. The zero-order chi connectivity index (χ0) is 14.1. The van der Waals surface area contributed by atoms with E-state index in [-0.39, 0.29) is 0 Å². The molecular formula is C18H28N2. The van der Waals surface area contributed by atoms with Crippen LogP contribution in [0.4, 0.5) is 0 Å². The van der Waals surface area contributed by atoms with Gasteiger partial charge in [-0.3, -0.25) is 9.80 Å². The Morgan fingerprint density at radius 2 is 2.05 bits per heavy atom. The van der Waals surface area contributed by atoms with Crippen LogP contribution in [0, 0.1) is 6.92 Å². The third-order valence-electron chi connectivity index (χ3n) is 5.44. The summed E-state index contributed by atoms with van der Waals surface area (Å²) in [6, 6.07) is 11.0. The maximum atomic E-state index is 2.77. The van der Waals surface area contributed by atoms with E-state index in [1.165, 1.54) is 50.0 Å². The van der Waals surface area contributed by atoms with Crippen LogP contribution >= 0.6 is 0 Å². The molecule has 2 heterocycles. The van der Waals surface area contributed by atoms with E-state index in [9.17, 15) is 0 Å². The first-order valence-corrected chi connectivity index (χ1v) is 8.26. The molecular weight excluding hydrogens is 244 g/mol. The first-order valence-electron chi connectivity index (χ1n) is 8.26. The number of hydrogen-bond donors (Lipinski definition) is 0. The maximum absolute atomic E-state index is 2.77. The van der Waals surface area contributed by atoms with Gasteiger partial charge in [0.05, 0.1) is 0 Å². The minimum absolute atomic E-state index is 0.545. The largest absolute Gasteiger partial charge is 0.298 e. The van der Waals surface area contributed by atoms with E-state index in [0.717, 1.165) is 12.1 Å². The summed E-state index contributed by atoms with van der Waals surface area (Å²) in [5.74, 6) is 0. The van der Waals surface area contributed by atoms with Crippen molar-refractivity contribution in [1.82, 2.24) is 9.80 Å². The van der Waals surface area contributed by atoms with Crippen molar-refractivity contribution in [3.63, 3.8) is 0 Å². The Bertz CT molecular complexity index is 456. The Morgan fingerprint density at radius 3 is 2.80 bits per heavy atom. The van der Waals surface area contributed by atoms with Crippen LogP contribution in [0.15, 0.2) is 24.3 Å². The summed E-state index contributed by atoms with van der Waals surface area (Å²) in [6.45, 7) is 10.9. The SMILES string of the molecule is CCC1CN2CCCC2CN1C(C)c1ccccc1C. The Hall–Kier alpha value is -0.860. The Morgan fingerprint density at radius 1 is 1.25 bits per heavy atom. The summed E-state index contributed by atoms with van der Waals surface area (Å²) >= 11 is 0. The molecule has 2 heteroatoms. The van der Waals surface area contributed by atoms with Crippen LogP contribution in [0.3, 0.4) is 0 Å². The minimum atomic E-state index is 0.545. The fraction of sp³-hybridized carbons (Fsp3) is 0.667. The highest BCUT2D eigenvalue weighted by atomic mass is 15.3. The average molecular weight is 272 g/mol. The molecule has 3 unspecified atom stereocenters. The summed E-state index contributed by atoms with van der Waals surface area (Å²) < 4.78 is 0. The molecule has 0 aromatic heterocycles. The lowest BCUT2D eigenvalue weighted by Crippen LogP contribution is -2.56. The zero-order valence-corrected chi connectivity index (χ0v) is 13.2. The molecule has 0 N–H and O–H groups in total. The van der Waals surface area contributed by atoms with Gasteiger partial charge >= 0.3 is 0 Å². The third kappa shape index (κ3) is 2.51. The number of nitrogens with zero attached hydrogens (tertiary/aromatic N) is 2. The first-order chi connectivity index (χ1) is 9.70. The van der Waals surface area contributed by atoms with E-state index in [0.29, 0.717) is 6.04 Å². The van der Waals surface area contributed by atoms with E-state index in [1.807, 2.05) is 0 Å². The Kier molecular flexibility index (Phi) is 4.13. The van der Waals surface area contributed by atoms with Gasteiger partial charge in [0.15, 0.2) is 0 Å². The van der Waals surface area contributed by atoms with Crippen molar-refractivity contribution in [3.05, 3.63) is 35.4 Å². The number of piperazine rings is 1. The third-order valence-corrected chi connectivity index (χ3v) is 5.44. The van der Waals surface area contributed by atoms with Gasteiger partial charge in [-0.1, -0.05) is 31.2 Å². The lowest BCUT2D eigenvalue weighted by atomic mass is 9.96. The van der Waals surface area contributed by atoms with Gasteiger partial charge in [0.2, 0.25) is 0 Å². The second-order valence-electron chi connectivity index (χ2n) is 6.58. The molecule has 2 aliphatic heterocycles. The Labute approximate surface area is 123 Å². The number of fused-ring (bicyclic) bond motifs is 1. The fourth-order valence-electron chi connectivity index (χ4n) is 4.18. The lowest BCUT2D eigenvalue weighted by Gasteiger charge is -2.46. The lowest BCUT2D eigenvalue weighted by molar-refractivity contribution is 0.0225. The first kappa shape index (κ1) is 14.1. The topological polar surface area (TPSA) is 6.48 Å². The van der Waals surface area contributed by atoms with E-state index in [2.05, 4.69) is 54.8 Å². The highest BCUT2D eigenvalue weighted by Gasteiger charge is 2.37. The van der Waals surface area contributed by atoms with Gasteiger partial charge in [-0.2, -0.15) is 0 Å². The van der Waals surface area contributed by atoms with Crippen molar-refractivity contribution in [1.29, 1.82) is 0 Å². The van der Waals surface area contributed by atoms with Crippen molar-refractivity contribution < 1.29 is 0 Å². The van der Waals surface area contributed by atoms with Crippen molar-refractivity contribution in [2.75, 3.05) is 19.6 Å². The molecule has 2 aliphatic rings. The van der Waals surface area contributed by atoms with E-state index in [1.54, 1.807) is 0 Å². The van der Waals surface area contributed by atoms with E-state index >= 15 is 0 Å². The molecule has 0 radical (unpaired) electrons. The maximum Gasteiger partial charge on any atom is 0.0326 e. The normalized spacial score (nSPS) is 29.4. The van der Waals surface area contributed by atoms with Gasteiger partial charge < -0.3 is 0 Å². The number of aryl methyl sites for hydroxylation is 1. The molecule has 1 aromatic carbocycles. The summed E-state index contributed by atoms with van der Waals surface area (Å²) in [7, 11) is 0. The van der Waals surface area contributed by atoms with Crippen molar-refractivity contribution in [2.24, 2.45) is 0 Å². The quantitative estimate of drug-likeness (QED) is 0.829. The molecule has 0 aliphatic carbocycles. The van der Waals surface area contributed by atoms with Gasteiger partial charge in [-0.15, -0.1) is 0 Å². The summed E-state index contributed by atoms with van der Waals surface area (Å²) in [4.78, 5) is 5.50. The van der Waals surface area contributed by atoms with Gasteiger partial charge in [-0.25, -0.2) is 0 Å². The summed E-state index contributed by atoms with van der Waals surface area (Å²) in [5, 5.41) is 0. The van der Waals surface area contributed by atoms with Crippen LogP contribution in [-0.4, -0.2) is 41.5 Å². The van der Waals surface area contributed by atoms with Gasteiger partial charge in [0.1, 0.15) is 0 Å². The van der Waals surface area contributed by atoms with E-state index in [4.69, 9.17) is 0 Å².